The molecule has 0 aliphatic carbocycles. The Balaban J connectivity index is 1.71. The Bertz CT molecular complexity index is 846. The molecule has 0 radical (unpaired) electrons. The zero-order chi connectivity index (χ0) is 16.1. The molecule has 0 N–H and O–H groups in total. The number of aromatic nitrogens is 2. The standard InChI is InChI=1S/C16H12N4O2S/c21-20(22)14-8-4-7-13(9-14)11-17-16-19-18-15(23-16)10-12-5-2-1-3-6-12/h1-9,11H,10H2. The van der Waals surface area contributed by atoms with Crippen LogP contribution in [0.15, 0.2) is 59.6 Å². The van der Waals surface area contributed by atoms with Gasteiger partial charge in [0.2, 0.25) is 5.13 Å². The molecule has 0 aliphatic heterocycles. The number of nitrogens with zero attached hydrogens (tertiary/aromatic N) is 4. The molecule has 2 aromatic carbocycles. The molecule has 0 unspecified atom stereocenters. The van der Waals surface area contributed by atoms with Crippen LogP contribution in [0.25, 0.3) is 0 Å². The van der Waals surface area contributed by atoms with Crippen LogP contribution in [0, 0.1) is 10.1 Å². The summed E-state index contributed by atoms with van der Waals surface area (Å²) in [6, 6.07) is 16.3. The first-order valence-electron chi connectivity index (χ1n) is 6.85. The molecule has 114 valence electrons. The fourth-order valence-corrected chi connectivity index (χ4v) is 2.71. The van der Waals surface area contributed by atoms with Gasteiger partial charge in [-0.05, 0) is 11.1 Å². The first-order chi connectivity index (χ1) is 11.2. The summed E-state index contributed by atoms with van der Waals surface area (Å²) in [4.78, 5) is 14.6. The number of rotatable bonds is 5. The molecule has 7 heteroatoms. The van der Waals surface area contributed by atoms with Crippen LogP contribution in [-0.4, -0.2) is 21.3 Å². The van der Waals surface area contributed by atoms with E-state index in [2.05, 4.69) is 15.2 Å². The van der Waals surface area contributed by atoms with Gasteiger partial charge in [0.1, 0.15) is 5.01 Å². The molecular formula is C16H12N4O2S. The van der Waals surface area contributed by atoms with Crippen molar-refractivity contribution in [2.45, 2.75) is 6.42 Å². The summed E-state index contributed by atoms with van der Waals surface area (Å²) < 4.78 is 0. The van der Waals surface area contributed by atoms with Crippen molar-refractivity contribution in [3.05, 3.63) is 80.8 Å². The van der Waals surface area contributed by atoms with Crippen LogP contribution in [0.3, 0.4) is 0 Å². The van der Waals surface area contributed by atoms with Crippen molar-refractivity contribution in [1.82, 2.24) is 10.2 Å². The second-order valence-corrected chi connectivity index (χ2v) is 5.79. The molecule has 0 atom stereocenters. The number of nitro groups is 1. The third kappa shape index (κ3) is 4.04. The van der Waals surface area contributed by atoms with Crippen molar-refractivity contribution in [3.8, 4) is 0 Å². The normalized spacial score (nSPS) is 11.0. The van der Waals surface area contributed by atoms with Crippen molar-refractivity contribution in [3.63, 3.8) is 0 Å². The van der Waals surface area contributed by atoms with Crippen molar-refractivity contribution in [2.24, 2.45) is 4.99 Å². The first kappa shape index (κ1) is 15.0. The number of nitro benzene ring substituents is 1. The molecule has 23 heavy (non-hydrogen) atoms. The van der Waals surface area contributed by atoms with Gasteiger partial charge >= 0.3 is 0 Å². The molecule has 1 aromatic heterocycles. The highest BCUT2D eigenvalue weighted by Gasteiger charge is 2.06. The minimum atomic E-state index is -0.430. The lowest BCUT2D eigenvalue weighted by Gasteiger charge is -1.94. The van der Waals surface area contributed by atoms with Gasteiger partial charge in [0.05, 0.1) is 4.92 Å². The van der Waals surface area contributed by atoms with Crippen LogP contribution in [0.1, 0.15) is 16.1 Å². The lowest BCUT2D eigenvalue weighted by molar-refractivity contribution is -0.384. The molecule has 3 aromatic rings. The Morgan fingerprint density at radius 2 is 1.96 bits per heavy atom. The van der Waals surface area contributed by atoms with E-state index in [1.807, 2.05) is 30.3 Å². The molecule has 0 saturated heterocycles. The largest absolute Gasteiger partial charge is 0.270 e. The number of benzene rings is 2. The van der Waals surface area contributed by atoms with Crippen molar-refractivity contribution < 1.29 is 4.92 Å². The number of hydrogen-bond donors (Lipinski definition) is 0. The SMILES string of the molecule is O=[N+]([O-])c1cccc(C=Nc2nnc(Cc3ccccc3)s2)c1. The highest BCUT2D eigenvalue weighted by Crippen LogP contribution is 2.21. The molecule has 0 aliphatic rings. The van der Waals surface area contributed by atoms with E-state index >= 15 is 0 Å². The van der Waals surface area contributed by atoms with E-state index in [0.29, 0.717) is 17.1 Å². The maximum absolute atomic E-state index is 10.7. The Morgan fingerprint density at radius 1 is 1.13 bits per heavy atom. The lowest BCUT2D eigenvalue weighted by atomic mass is 10.2. The van der Waals surface area contributed by atoms with Gasteiger partial charge in [-0.15, -0.1) is 10.2 Å². The van der Waals surface area contributed by atoms with Crippen LogP contribution in [0.5, 0.6) is 0 Å². The summed E-state index contributed by atoms with van der Waals surface area (Å²) >= 11 is 1.40. The molecule has 6 nitrogen and oxygen atoms in total. The molecule has 1 heterocycles. The van der Waals surface area contributed by atoms with E-state index in [9.17, 15) is 10.1 Å². The van der Waals surface area contributed by atoms with Crippen molar-refractivity contribution in [2.75, 3.05) is 0 Å². The second kappa shape index (κ2) is 6.89. The maximum atomic E-state index is 10.7. The van der Waals surface area contributed by atoms with Crippen molar-refractivity contribution in [1.29, 1.82) is 0 Å². The number of hydrogen-bond acceptors (Lipinski definition) is 6. The van der Waals surface area contributed by atoms with Crippen molar-refractivity contribution >= 4 is 28.4 Å². The predicted octanol–water partition coefficient (Wildman–Crippen LogP) is 3.79. The highest BCUT2D eigenvalue weighted by atomic mass is 32.1. The van der Waals surface area contributed by atoms with Crippen LogP contribution >= 0.6 is 11.3 Å². The average Bonchev–Trinajstić information content (AvgIpc) is 3.01. The Labute approximate surface area is 136 Å². The maximum Gasteiger partial charge on any atom is 0.270 e. The molecule has 0 saturated carbocycles. The van der Waals surface area contributed by atoms with Gasteiger partial charge < -0.3 is 0 Å². The smallest absolute Gasteiger partial charge is 0.258 e. The minimum Gasteiger partial charge on any atom is -0.258 e. The molecule has 3 rings (SSSR count). The number of aliphatic imine (C=N–C) groups is 1. The van der Waals surface area contributed by atoms with E-state index in [1.165, 1.54) is 23.5 Å². The Kier molecular flexibility index (Phi) is 4.49. The third-order valence-electron chi connectivity index (χ3n) is 3.06. The number of non-ortho nitro benzene ring substituents is 1. The second-order valence-electron chi connectivity index (χ2n) is 4.75. The zero-order valence-corrected chi connectivity index (χ0v) is 12.8. The fraction of sp³-hybridized carbons (Fsp3) is 0.0625. The average molecular weight is 324 g/mol. The summed E-state index contributed by atoms with van der Waals surface area (Å²) in [6.45, 7) is 0. The highest BCUT2D eigenvalue weighted by molar-refractivity contribution is 7.15. The van der Waals surface area contributed by atoms with E-state index in [0.717, 1.165) is 10.6 Å². The van der Waals surface area contributed by atoms with Gasteiger partial charge in [-0.3, -0.25) is 10.1 Å². The fourth-order valence-electron chi connectivity index (χ4n) is 1.99. The van der Waals surface area contributed by atoms with E-state index in [4.69, 9.17) is 0 Å². The summed E-state index contributed by atoms with van der Waals surface area (Å²) in [7, 11) is 0. The predicted molar refractivity (Wildman–Crippen MR) is 89.5 cm³/mol. The minimum absolute atomic E-state index is 0.0379. The van der Waals surface area contributed by atoms with Gasteiger partial charge in [0.25, 0.3) is 5.69 Å². The van der Waals surface area contributed by atoms with Crippen LogP contribution in [0.2, 0.25) is 0 Å². The summed E-state index contributed by atoms with van der Waals surface area (Å²) in [6.07, 6.45) is 2.27. The van der Waals surface area contributed by atoms with Gasteiger partial charge in [-0.25, -0.2) is 4.99 Å². The molecule has 0 spiro atoms. The van der Waals surface area contributed by atoms with Gasteiger partial charge in [0, 0.05) is 24.8 Å². The first-order valence-corrected chi connectivity index (χ1v) is 7.67. The monoisotopic (exact) mass is 324 g/mol. The third-order valence-corrected chi connectivity index (χ3v) is 3.89. The lowest BCUT2D eigenvalue weighted by Crippen LogP contribution is -1.89. The Hall–Kier alpha value is -2.93. The molecule has 0 fully saturated rings. The summed E-state index contributed by atoms with van der Waals surface area (Å²) in [5, 5.41) is 20.3. The van der Waals surface area contributed by atoms with Crippen LogP contribution in [-0.2, 0) is 6.42 Å². The van der Waals surface area contributed by atoms with E-state index in [-0.39, 0.29) is 5.69 Å². The molecular weight excluding hydrogens is 312 g/mol. The van der Waals surface area contributed by atoms with E-state index in [1.54, 1.807) is 18.3 Å². The zero-order valence-electron chi connectivity index (χ0n) is 12.0. The summed E-state index contributed by atoms with van der Waals surface area (Å²) in [5.74, 6) is 0. The topological polar surface area (TPSA) is 81.3 Å². The van der Waals surface area contributed by atoms with E-state index < -0.39 is 4.92 Å². The van der Waals surface area contributed by atoms with Crippen LogP contribution < -0.4 is 0 Å². The van der Waals surface area contributed by atoms with Gasteiger partial charge in [0.15, 0.2) is 0 Å². The Morgan fingerprint density at radius 3 is 2.74 bits per heavy atom. The van der Waals surface area contributed by atoms with Gasteiger partial charge in [-0.2, -0.15) is 0 Å². The van der Waals surface area contributed by atoms with Crippen LogP contribution in [0.4, 0.5) is 10.8 Å². The molecule has 0 bridgehead atoms. The quantitative estimate of drug-likeness (QED) is 0.406. The summed E-state index contributed by atoms with van der Waals surface area (Å²) in [5.41, 5.74) is 1.85. The van der Waals surface area contributed by atoms with Gasteiger partial charge in [-0.1, -0.05) is 53.8 Å². The molecule has 0 amide bonds.